The molecule has 0 amide bonds. The third-order valence-corrected chi connectivity index (χ3v) is 3.20. The summed E-state index contributed by atoms with van der Waals surface area (Å²) in [5.41, 5.74) is 7.61. The predicted octanol–water partition coefficient (Wildman–Crippen LogP) is 4.28. The first-order valence-corrected chi connectivity index (χ1v) is 6.80. The molecular formula is C14H22BrNO. The summed E-state index contributed by atoms with van der Waals surface area (Å²) in [4.78, 5) is 0. The first-order chi connectivity index (χ1) is 7.83. The first-order valence-electron chi connectivity index (χ1n) is 6.01. The standard InChI is InChI=1S/C14H22BrNO/c1-5-17-10-6-7-11(12(15)8-10)13(16)9-14(2,3)4/h6-8,13H,5,9,16H2,1-4H3. The van der Waals surface area contributed by atoms with Gasteiger partial charge in [-0.2, -0.15) is 0 Å². The van der Waals surface area contributed by atoms with Crippen LogP contribution >= 0.6 is 15.9 Å². The Morgan fingerprint density at radius 3 is 2.47 bits per heavy atom. The molecule has 0 fully saturated rings. The Kier molecular flexibility index (Phi) is 5.02. The Morgan fingerprint density at radius 1 is 1.35 bits per heavy atom. The lowest BCUT2D eigenvalue weighted by Gasteiger charge is -2.24. The lowest BCUT2D eigenvalue weighted by atomic mass is 9.86. The average molecular weight is 300 g/mol. The molecule has 0 spiro atoms. The minimum Gasteiger partial charge on any atom is -0.494 e. The minimum absolute atomic E-state index is 0.0556. The molecule has 0 heterocycles. The predicted molar refractivity (Wildman–Crippen MR) is 76.3 cm³/mol. The largest absolute Gasteiger partial charge is 0.494 e. The molecule has 1 aromatic carbocycles. The smallest absolute Gasteiger partial charge is 0.120 e. The number of benzene rings is 1. The van der Waals surface area contributed by atoms with E-state index in [2.05, 4.69) is 36.7 Å². The molecule has 0 aliphatic rings. The second-order valence-corrected chi connectivity index (χ2v) is 6.34. The summed E-state index contributed by atoms with van der Waals surface area (Å²) >= 11 is 3.57. The molecule has 0 saturated heterocycles. The first kappa shape index (κ1) is 14.5. The van der Waals surface area contributed by atoms with Crippen LogP contribution in [0.25, 0.3) is 0 Å². The number of nitrogens with two attached hydrogens (primary N) is 1. The van der Waals surface area contributed by atoms with Gasteiger partial charge in [0.1, 0.15) is 5.75 Å². The number of ether oxygens (including phenoxy) is 1. The molecule has 0 aliphatic carbocycles. The quantitative estimate of drug-likeness (QED) is 0.900. The zero-order chi connectivity index (χ0) is 13.1. The van der Waals surface area contributed by atoms with Crippen molar-refractivity contribution >= 4 is 15.9 Å². The van der Waals surface area contributed by atoms with Crippen molar-refractivity contribution in [1.82, 2.24) is 0 Å². The zero-order valence-corrected chi connectivity index (χ0v) is 12.7. The van der Waals surface area contributed by atoms with Crippen molar-refractivity contribution in [1.29, 1.82) is 0 Å². The van der Waals surface area contributed by atoms with Crippen molar-refractivity contribution < 1.29 is 4.74 Å². The molecule has 0 bridgehead atoms. The summed E-state index contributed by atoms with van der Waals surface area (Å²) in [5.74, 6) is 0.881. The highest BCUT2D eigenvalue weighted by atomic mass is 79.9. The monoisotopic (exact) mass is 299 g/mol. The number of rotatable bonds is 4. The Bertz CT molecular complexity index is 371. The van der Waals surface area contributed by atoms with Crippen LogP contribution in [-0.4, -0.2) is 6.61 Å². The third-order valence-electron chi connectivity index (χ3n) is 2.51. The highest BCUT2D eigenvalue weighted by Gasteiger charge is 2.18. The van der Waals surface area contributed by atoms with Gasteiger partial charge in [-0.1, -0.05) is 42.8 Å². The summed E-state index contributed by atoms with van der Waals surface area (Å²) in [6, 6.07) is 6.07. The number of halogens is 1. The third kappa shape index (κ3) is 4.68. The highest BCUT2D eigenvalue weighted by Crippen LogP contribution is 2.33. The van der Waals surface area contributed by atoms with Gasteiger partial charge in [0, 0.05) is 10.5 Å². The summed E-state index contributed by atoms with van der Waals surface area (Å²) in [5, 5.41) is 0. The van der Waals surface area contributed by atoms with E-state index in [1.807, 2.05) is 25.1 Å². The van der Waals surface area contributed by atoms with Crippen LogP contribution in [0.1, 0.15) is 45.7 Å². The van der Waals surface area contributed by atoms with Gasteiger partial charge in [-0.3, -0.25) is 0 Å². The van der Waals surface area contributed by atoms with Crippen molar-refractivity contribution in [2.45, 2.75) is 40.2 Å². The van der Waals surface area contributed by atoms with E-state index < -0.39 is 0 Å². The van der Waals surface area contributed by atoms with Gasteiger partial charge in [0.2, 0.25) is 0 Å². The maximum Gasteiger partial charge on any atom is 0.120 e. The van der Waals surface area contributed by atoms with E-state index in [0.717, 1.165) is 22.2 Å². The Morgan fingerprint density at radius 2 is 2.00 bits per heavy atom. The van der Waals surface area contributed by atoms with Crippen LogP contribution in [0, 0.1) is 5.41 Å². The van der Waals surface area contributed by atoms with E-state index in [4.69, 9.17) is 10.5 Å². The molecule has 2 nitrogen and oxygen atoms in total. The molecule has 1 rings (SSSR count). The van der Waals surface area contributed by atoms with Gasteiger partial charge in [-0.25, -0.2) is 0 Å². The topological polar surface area (TPSA) is 35.2 Å². The van der Waals surface area contributed by atoms with Gasteiger partial charge in [0.05, 0.1) is 6.61 Å². The van der Waals surface area contributed by atoms with E-state index in [9.17, 15) is 0 Å². The van der Waals surface area contributed by atoms with E-state index >= 15 is 0 Å². The zero-order valence-electron chi connectivity index (χ0n) is 11.1. The van der Waals surface area contributed by atoms with Crippen molar-refractivity contribution in [3.05, 3.63) is 28.2 Å². The fourth-order valence-corrected chi connectivity index (χ4v) is 2.49. The molecular weight excluding hydrogens is 278 g/mol. The molecule has 96 valence electrons. The van der Waals surface area contributed by atoms with Crippen LogP contribution in [0.3, 0.4) is 0 Å². The molecule has 17 heavy (non-hydrogen) atoms. The number of hydrogen-bond donors (Lipinski definition) is 1. The lowest BCUT2D eigenvalue weighted by molar-refractivity contribution is 0.336. The van der Waals surface area contributed by atoms with Crippen molar-refractivity contribution in [2.24, 2.45) is 11.1 Å². The lowest BCUT2D eigenvalue weighted by Crippen LogP contribution is -2.19. The fraction of sp³-hybridized carbons (Fsp3) is 0.571. The number of hydrogen-bond acceptors (Lipinski definition) is 2. The van der Waals surface area contributed by atoms with Crippen LogP contribution < -0.4 is 10.5 Å². The Balaban J connectivity index is 2.84. The molecule has 3 heteroatoms. The van der Waals surface area contributed by atoms with Crippen LogP contribution in [0.15, 0.2) is 22.7 Å². The van der Waals surface area contributed by atoms with Crippen molar-refractivity contribution in [3.8, 4) is 5.75 Å². The molecule has 0 aromatic heterocycles. The summed E-state index contributed by atoms with van der Waals surface area (Å²) in [6.45, 7) is 9.27. The van der Waals surface area contributed by atoms with E-state index in [1.165, 1.54) is 0 Å². The second kappa shape index (κ2) is 5.87. The SMILES string of the molecule is CCOc1ccc(C(N)CC(C)(C)C)c(Br)c1. The van der Waals surface area contributed by atoms with Gasteiger partial charge >= 0.3 is 0 Å². The van der Waals surface area contributed by atoms with Crippen LogP contribution in [0.4, 0.5) is 0 Å². The van der Waals surface area contributed by atoms with Gasteiger partial charge in [-0.05, 0) is 36.5 Å². The van der Waals surface area contributed by atoms with Crippen LogP contribution in [0.5, 0.6) is 5.75 Å². The summed E-state index contributed by atoms with van der Waals surface area (Å²) in [6.07, 6.45) is 0.958. The van der Waals surface area contributed by atoms with Crippen LogP contribution in [-0.2, 0) is 0 Å². The van der Waals surface area contributed by atoms with Gasteiger partial charge < -0.3 is 10.5 Å². The molecule has 0 saturated carbocycles. The molecule has 0 aliphatic heterocycles. The maximum atomic E-state index is 6.24. The van der Waals surface area contributed by atoms with Crippen LogP contribution in [0.2, 0.25) is 0 Å². The fourth-order valence-electron chi connectivity index (χ4n) is 1.83. The normalized spacial score (nSPS) is 13.5. The van der Waals surface area contributed by atoms with Gasteiger partial charge in [0.25, 0.3) is 0 Å². The average Bonchev–Trinajstić information content (AvgIpc) is 2.15. The van der Waals surface area contributed by atoms with Crippen molar-refractivity contribution in [3.63, 3.8) is 0 Å². The van der Waals surface area contributed by atoms with E-state index in [1.54, 1.807) is 0 Å². The van der Waals surface area contributed by atoms with E-state index in [0.29, 0.717) is 6.61 Å². The molecule has 1 unspecified atom stereocenters. The van der Waals surface area contributed by atoms with Gasteiger partial charge in [-0.15, -0.1) is 0 Å². The minimum atomic E-state index is 0.0556. The second-order valence-electron chi connectivity index (χ2n) is 5.49. The summed E-state index contributed by atoms with van der Waals surface area (Å²) in [7, 11) is 0. The highest BCUT2D eigenvalue weighted by molar-refractivity contribution is 9.10. The molecule has 2 N–H and O–H groups in total. The summed E-state index contributed by atoms with van der Waals surface area (Å²) < 4.78 is 6.48. The molecule has 0 radical (unpaired) electrons. The van der Waals surface area contributed by atoms with E-state index in [-0.39, 0.29) is 11.5 Å². The molecule has 1 atom stereocenters. The molecule has 1 aromatic rings. The maximum absolute atomic E-state index is 6.24. The Hall–Kier alpha value is -0.540. The van der Waals surface area contributed by atoms with Gasteiger partial charge in [0.15, 0.2) is 0 Å². The van der Waals surface area contributed by atoms with Crippen molar-refractivity contribution in [2.75, 3.05) is 6.61 Å². The Labute approximate surface area is 113 Å².